The summed E-state index contributed by atoms with van der Waals surface area (Å²) >= 11 is 0. The molecule has 12 heavy (non-hydrogen) atoms. The van der Waals surface area contributed by atoms with E-state index in [2.05, 4.69) is 12.3 Å². The van der Waals surface area contributed by atoms with Crippen LogP contribution < -0.4 is 0 Å². The number of aliphatic hydroxyl groups excluding tert-OH is 1. The van der Waals surface area contributed by atoms with Gasteiger partial charge in [0.25, 0.3) is 0 Å². The highest BCUT2D eigenvalue weighted by atomic mass is 16.3. The molecule has 0 saturated heterocycles. The highest BCUT2D eigenvalue weighted by molar-refractivity contribution is 5.08. The Bertz CT molecular complexity index is 203. The molecule has 0 aromatic heterocycles. The van der Waals surface area contributed by atoms with Crippen LogP contribution in [0.25, 0.3) is 0 Å². The Morgan fingerprint density at radius 1 is 1.50 bits per heavy atom. The molecule has 1 atom stereocenters. The lowest BCUT2D eigenvalue weighted by Gasteiger charge is -2.08. The molecule has 0 rings (SSSR count). The second-order valence-corrected chi connectivity index (χ2v) is 3.28. The van der Waals surface area contributed by atoms with Gasteiger partial charge in [-0.1, -0.05) is 12.2 Å². The molecule has 0 aliphatic rings. The zero-order valence-corrected chi connectivity index (χ0v) is 8.22. The maximum Gasteiger partial charge on any atom is 0.0439 e. The van der Waals surface area contributed by atoms with Crippen LogP contribution in [0.5, 0.6) is 0 Å². The predicted molar refractivity (Wildman–Crippen MR) is 53.0 cm³/mol. The molecular formula is C11H18O. The van der Waals surface area contributed by atoms with E-state index in [9.17, 15) is 0 Å². The summed E-state index contributed by atoms with van der Waals surface area (Å²) in [6.07, 6.45) is 2.73. The Kier molecular flexibility index (Phi) is 5.44. The average molecular weight is 166 g/mol. The Morgan fingerprint density at radius 2 is 2.08 bits per heavy atom. The lowest BCUT2D eigenvalue weighted by atomic mass is 9.98. The average Bonchev–Trinajstić information content (AvgIpc) is 1.96. The first-order valence-electron chi connectivity index (χ1n) is 4.24. The van der Waals surface area contributed by atoms with Crippen LogP contribution in [-0.2, 0) is 0 Å². The van der Waals surface area contributed by atoms with E-state index >= 15 is 0 Å². The van der Waals surface area contributed by atoms with Crippen molar-refractivity contribution in [1.82, 2.24) is 0 Å². The second kappa shape index (κ2) is 5.82. The number of rotatable bonds is 4. The highest BCUT2D eigenvalue weighted by Crippen LogP contribution is 2.13. The van der Waals surface area contributed by atoms with Crippen molar-refractivity contribution in [2.45, 2.75) is 27.2 Å². The molecule has 0 amide bonds. The van der Waals surface area contributed by atoms with E-state index in [-0.39, 0.29) is 12.5 Å². The number of hydrogen-bond acceptors (Lipinski definition) is 1. The zero-order valence-electron chi connectivity index (χ0n) is 8.22. The van der Waals surface area contributed by atoms with Crippen LogP contribution in [0.15, 0.2) is 29.5 Å². The molecule has 0 bridgehead atoms. The van der Waals surface area contributed by atoms with Gasteiger partial charge in [0.05, 0.1) is 0 Å². The summed E-state index contributed by atoms with van der Waals surface area (Å²) in [5.41, 5.74) is 5.36. The quantitative estimate of drug-likeness (QED) is 0.503. The first kappa shape index (κ1) is 11.2. The number of allylic oxidation sites excluding steroid dienone is 2. The third-order valence-corrected chi connectivity index (χ3v) is 1.65. The number of hydrogen-bond donors (Lipinski definition) is 1. The first-order valence-corrected chi connectivity index (χ1v) is 4.24. The minimum absolute atomic E-state index is 0.207. The van der Waals surface area contributed by atoms with Crippen molar-refractivity contribution in [3.05, 3.63) is 29.5 Å². The third-order valence-electron chi connectivity index (χ3n) is 1.65. The minimum atomic E-state index is 0.207. The minimum Gasteiger partial charge on any atom is -0.396 e. The van der Waals surface area contributed by atoms with Gasteiger partial charge in [-0.25, -0.2) is 0 Å². The van der Waals surface area contributed by atoms with Gasteiger partial charge < -0.3 is 5.11 Å². The van der Waals surface area contributed by atoms with Gasteiger partial charge in [-0.2, -0.15) is 0 Å². The number of aliphatic hydroxyl groups is 1. The summed E-state index contributed by atoms with van der Waals surface area (Å²) in [5, 5.41) is 8.76. The van der Waals surface area contributed by atoms with Gasteiger partial charge in [0.2, 0.25) is 0 Å². The van der Waals surface area contributed by atoms with E-state index in [1.54, 1.807) is 0 Å². The van der Waals surface area contributed by atoms with Gasteiger partial charge in [0, 0.05) is 12.5 Å². The molecule has 0 aromatic rings. The van der Waals surface area contributed by atoms with Crippen LogP contribution >= 0.6 is 0 Å². The van der Waals surface area contributed by atoms with Crippen LogP contribution in [0.1, 0.15) is 27.2 Å². The Balaban J connectivity index is 4.33. The SMILES string of the molecule is C=C(C)[C@@H](C=C=C(C)C)CCO. The van der Waals surface area contributed by atoms with Crippen LogP contribution in [0.4, 0.5) is 0 Å². The lowest BCUT2D eigenvalue weighted by Crippen LogP contribution is -1.99. The van der Waals surface area contributed by atoms with E-state index in [1.165, 1.54) is 0 Å². The van der Waals surface area contributed by atoms with Crippen molar-refractivity contribution >= 4 is 0 Å². The van der Waals surface area contributed by atoms with Crippen LogP contribution in [0.2, 0.25) is 0 Å². The van der Waals surface area contributed by atoms with E-state index < -0.39 is 0 Å². The molecule has 0 unspecified atom stereocenters. The van der Waals surface area contributed by atoms with Crippen molar-refractivity contribution in [3.8, 4) is 0 Å². The largest absolute Gasteiger partial charge is 0.396 e. The summed E-state index contributed by atoms with van der Waals surface area (Å²) in [6.45, 7) is 10.1. The molecule has 0 heterocycles. The van der Waals surface area contributed by atoms with Gasteiger partial charge in [-0.3, -0.25) is 0 Å². The molecule has 1 heteroatoms. The molecule has 0 radical (unpaired) electrons. The molecule has 0 spiro atoms. The Hall–Kier alpha value is -0.780. The lowest BCUT2D eigenvalue weighted by molar-refractivity contribution is 0.277. The monoisotopic (exact) mass is 166 g/mol. The van der Waals surface area contributed by atoms with Gasteiger partial charge in [-0.15, -0.1) is 5.73 Å². The Labute approximate surface area is 75.1 Å². The molecule has 0 saturated carbocycles. The molecule has 0 aromatic carbocycles. The smallest absolute Gasteiger partial charge is 0.0439 e. The summed E-state index contributed by atoms with van der Waals surface area (Å²) in [6, 6.07) is 0. The molecule has 0 aliphatic carbocycles. The molecule has 0 fully saturated rings. The van der Waals surface area contributed by atoms with Gasteiger partial charge in [0.15, 0.2) is 0 Å². The first-order chi connectivity index (χ1) is 5.57. The zero-order chi connectivity index (χ0) is 9.56. The van der Waals surface area contributed by atoms with Gasteiger partial charge >= 0.3 is 0 Å². The van der Waals surface area contributed by atoms with Crippen molar-refractivity contribution in [2.75, 3.05) is 6.61 Å². The fraction of sp³-hybridized carbons (Fsp3) is 0.545. The standard InChI is InChI=1S/C11H18O/c1-9(2)5-6-11(7-8-12)10(3)4/h6,11-12H,3,7-8H2,1-2,4H3/t11-/m0/s1. The maximum absolute atomic E-state index is 8.76. The third kappa shape index (κ3) is 4.95. The van der Waals surface area contributed by atoms with E-state index in [0.29, 0.717) is 0 Å². The fourth-order valence-corrected chi connectivity index (χ4v) is 0.878. The van der Waals surface area contributed by atoms with Crippen LogP contribution in [-0.4, -0.2) is 11.7 Å². The normalized spacial score (nSPS) is 11.7. The van der Waals surface area contributed by atoms with E-state index in [1.807, 2.05) is 26.8 Å². The summed E-state index contributed by atoms with van der Waals surface area (Å²) in [4.78, 5) is 0. The molecule has 1 N–H and O–H groups in total. The van der Waals surface area contributed by atoms with Crippen molar-refractivity contribution < 1.29 is 5.11 Å². The van der Waals surface area contributed by atoms with Gasteiger partial charge in [0.1, 0.15) is 0 Å². The maximum atomic E-state index is 8.76. The van der Waals surface area contributed by atoms with Crippen molar-refractivity contribution in [3.63, 3.8) is 0 Å². The summed E-state index contributed by atoms with van der Waals surface area (Å²) in [5.74, 6) is 0.268. The molecule has 0 aliphatic heterocycles. The van der Waals surface area contributed by atoms with Gasteiger partial charge in [-0.05, 0) is 38.8 Å². The summed E-state index contributed by atoms with van der Waals surface area (Å²) in [7, 11) is 0. The van der Waals surface area contributed by atoms with Crippen molar-refractivity contribution in [1.29, 1.82) is 0 Å². The molecule has 1 nitrogen and oxygen atoms in total. The second-order valence-electron chi connectivity index (χ2n) is 3.28. The predicted octanol–water partition coefficient (Wildman–Crippen LogP) is 2.68. The van der Waals surface area contributed by atoms with Crippen LogP contribution in [0.3, 0.4) is 0 Å². The summed E-state index contributed by atoms with van der Waals surface area (Å²) < 4.78 is 0. The highest BCUT2D eigenvalue weighted by Gasteiger charge is 2.02. The molecule has 68 valence electrons. The molecular weight excluding hydrogens is 148 g/mol. The topological polar surface area (TPSA) is 20.2 Å². The Morgan fingerprint density at radius 3 is 2.42 bits per heavy atom. The van der Waals surface area contributed by atoms with Crippen molar-refractivity contribution in [2.24, 2.45) is 5.92 Å². The fourth-order valence-electron chi connectivity index (χ4n) is 0.878. The van der Waals surface area contributed by atoms with E-state index in [4.69, 9.17) is 5.11 Å². The van der Waals surface area contributed by atoms with E-state index in [0.717, 1.165) is 17.6 Å². The van der Waals surface area contributed by atoms with Crippen LogP contribution in [0, 0.1) is 5.92 Å².